The third-order valence-corrected chi connectivity index (χ3v) is 5.57. The number of hydrogen-bond donors (Lipinski definition) is 1. The van der Waals surface area contributed by atoms with E-state index in [4.69, 9.17) is 5.11 Å². The Morgan fingerprint density at radius 1 is 1.29 bits per heavy atom. The number of Topliss-reactive ketones (excluding diaryl/α,β-unsaturated/α-hetero) is 1. The molecule has 3 rings (SSSR count). The van der Waals surface area contributed by atoms with Gasteiger partial charge in [0, 0.05) is 17.8 Å². The Morgan fingerprint density at radius 2 is 2.00 bits per heavy atom. The lowest BCUT2D eigenvalue weighted by atomic mass is 9.90. The zero-order valence-corrected chi connectivity index (χ0v) is 15.4. The van der Waals surface area contributed by atoms with Gasteiger partial charge in [-0.3, -0.25) is 9.80 Å². The van der Waals surface area contributed by atoms with Crippen molar-refractivity contribution < 1.29 is 32.3 Å². The summed E-state index contributed by atoms with van der Waals surface area (Å²) >= 11 is 1.15. The number of nitrogens with zero attached hydrogens (tertiary/aromatic N) is 4. The highest BCUT2D eigenvalue weighted by Crippen LogP contribution is 2.35. The van der Waals surface area contributed by atoms with Gasteiger partial charge in [0.25, 0.3) is 12.9 Å². The molecular formula is C16H16F4N4O3S. The molecule has 0 spiro atoms. The van der Waals surface area contributed by atoms with Crippen molar-refractivity contribution in [2.45, 2.75) is 44.6 Å². The lowest BCUT2D eigenvalue weighted by molar-refractivity contribution is -0.119. The van der Waals surface area contributed by atoms with Crippen LogP contribution < -0.4 is 5.01 Å². The van der Waals surface area contributed by atoms with E-state index in [1.165, 1.54) is 17.3 Å². The van der Waals surface area contributed by atoms with Crippen LogP contribution in [0.15, 0.2) is 11.4 Å². The van der Waals surface area contributed by atoms with E-state index in [0.29, 0.717) is 22.3 Å². The van der Waals surface area contributed by atoms with Gasteiger partial charge in [-0.05, 0) is 25.8 Å². The summed E-state index contributed by atoms with van der Waals surface area (Å²) in [7, 11) is 0. The zero-order chi connectivity index (χ0) is 20.6. The first-order chi connectivity index (χ1) is 13.2. The monoisotopic (exact) mass is 420 g/mol. The van der Waals surface area contributed by atoms with Gasteiger partial charge >= 0.3 is 5.97 Å². The number of aromatic nitrogens is 3. The number of piperidine rings is 1. The number of aromatic carboxylic acids is 1. The number of hydrogen-bond acceptors (Lipinski definition) is 6. The number of carbonyl (C=O) groups excluding carboxylic acids is 1. The molecule has 0 aliphatic carbocycles. The van der Waals surface area contributed by atoms with Crippen LogP contribution in [0.5, 0.6) is 0 Å². The summed E-state index contributed by atoms with van der Waals surface area (Å²) in [4.78, 5) is 27.9. The lowest BCUT2D eigenvalue weighted by Gasteiger charge is -2.39. The molecule has 2 aromatic heterocycles. The molecule has 2 unspecified atom stereocenters. The van der Waals surface area contributed by atoms with E-state index in [2.05, 4.69) is 10.1 Å². The van der Waals surface area contributed by atoms with Crippen LogP contribution in [0.1, 0.15) is 65.4 Å². The number of alkyl halides is 4. The summed E-state index contributed by atoms with van der Waals surface area (Å²) in [6.07, 6.45) is -5.49. The van der Waals surface area contributed by atoms with Crippen LogP contribution in [0.3, 0.4) is 0 Å². The Balaban J connectivity index is 1.90. The van der Waals surface area contributed by atoms with Gasteiger partial charge in [-0.1, -0.05) is 0 Å². The van der Waals surface area contributed by atoms with Crippen molar-refractivity contribution in [3.8, 4) is 0 Å². The van der Waals surface area contributed by atoms with Crippen LogP contribution in [0.2, 0.25) is 0 Å². The predicted molar refractivity (Wildman–Crippen MR) is 90.7 cm³/mol. The molecule has 2 atom stereocenters. The molecule has 0 amide bonds. The maximum atomic E-state index is 13.3. The highest BCUT2D eigenvalue weighted by atomic mass is 32.1. The average molecular weight is 420 g/mol. The van der Waals surface area contributed by atoms with Crippen LogP contribution in [0, 0.1) is 0 Å². The van der Waals surface area contributed by atoms with Crippen molar-refractivity contribution in [3.05, 3.63) is 33.5 Å². The molecule has 0 radical (unpaired) electrons. The molecule has 0 saturated carbocycles. The Bertz CT molecular complexity index is 885. The summed E-state index contributed by atoms with van der Waals surface area (Å²) in [5.41, 5.74) is -1.59. The molecule has 0 aromatic carbocycles. The van der Waals surface area contributed by atoms with E-state index >= 15 is 0 Å². The van der Waals surface area contributed by atoms with Gasteiger partial charge in [0.1, 0.15) is 17.4 Å². The highest BCUT2D eigenvalue weighted by molar-refractivity contribution is 7.09. The quantitative estimate of drug-likeness (QED) is 0.721. The van der Waals surface area contributed by atoms with E-state index in [-0.39, 0.29) is 30.4 Å². The molecule has 12 heteroatoms. The number of thiazole rings is 1. The largest absolute Gasteiger partial charge is 0.476 e. The topological polar surface area (TPSA) is 88.3 Å². The van der Waals surface area contributed by atoms with E-state index in [0.717, 1.165) is 11.3 Å². The van der Waals surface area contributed by atoms with Crippen molar-refractivity contribution in [2.75, 3.05) is 11.6 Å². The highest BCUT2D eigenvalue weighted by Gasteiger charge is 2.37. The molecule has 1 aliphatic rings. The fourth-order valence-corrected chi connectivity index (χ4v) is 4.16. The molecule has 2 aromatic rings. The van der Waals surface area contributed by atoms with Gasteiger partial charge in [-0.15, -0.1) is 11.3 Å². The first-order valence-corrected chi connectivity index (χ1v) is 9.19. The fourth-order valence-electron chi connectivity index (χ4n) is 3.22. The number of carbonyl (C=O) groups is 2. The third kappa shape index (κ3) is 3.86. The van der Waals surface area contributed by atoms with Crippen LogP contribution in [0.25, 0.3) is 0 Å². The molecule has 3 heterocycles. The van der Waals surface area contributed by atoms with Crippen LogP contribution in [-0.4, -0.2) is 44.3 Å². The predicted octanol–water partition coefficient (Wildman–Crippen LogP) is 3.39. The Hall–Kier alpha value is -2.50. The summed E-state index contributed by atoms with van der Waals surface area (Å²) in [6.45, 7) is 1.38. The summed E-state index contributed by atoms with van der Waals surface area (Å²) in [6, 6.07) is -0.239. The molecule has 1 fully saturated rings. The standard InChI is InChI=1S/C16H16F4N4O3S/c1-7(25)11-4-8(15-21-10(6-28-15)16(26)27)2-3-23(11)24-12(14(19)20)5-9(22-24)13(17)18/h5-6,8,11,13-14H,2-4H2,1H3,(H,26,27). The zero-order valence-electron chi connectivity index (χ0n) is 14.6. The molecule has 28 heavy (non-hydrogen) atoms. The van der Waals surface area contributed by atoms with E-state index in [9.17, 15) is 27.2 Å². The minimum absolute atomic E-state index is 0.0982. The second-order valence-corrected chi connectivity index (χ2v) is 7.26. The number of ketones is 1. The number of halogens is 4. The van der Waals surface area contributed by atoms with E-state index in [1.807, 2.05) is 0 Å². The van der Waals surface area contributed by atoms with Crippen LogP contribution >= 0.6 is 11.3 Å². The molecule has 0 bridgehead atoms. The summed E-state index contributed by atoms with van der Waals surface area (Å²) < 4.78 is 52.5. The normalized spacial score (nSPS) is 20.2. The molecule has 7 nitrogen and oxygen atoms in total. The maximum Gasteiger partial charge on any atom is 0.355 e. The van der Waals surface area contributed by atoms with E-state index in [1.54, 1.807) is 0 Å². The van der Waals surface area contributed by atoms with Crippen molar-refractivity contribution in [2.24, 2.45) is 0 Å². The second-order valence-electron chi connectivity index (χ2n) is 6.37. The molecule has 1 saturated heterocycles. The SMILES string of the molecule is CC(=O)C1CC(c2nc(C(=O)O)cs2)CCN1n1nc(C(F)F)cc1C(F)F. The summed E-state index contributed by atoms with van der Waals surface area (Å²) in [5, 5.41) is 15.8. The molecule has 152 valence electrons. The van der Waals surface area contributed by atoms with Crippen molar-refractivity contribution in [1.82, 2.24) is 14.9 Å². The van der Waals surface area contributed by atoms with Gasteiger partial charge in [-0.2, -0.15) is 9.89 Å². The first kappa shape index (κ1) is 20.2. The van der Waals surface area contributed by atoms with Gasteiger partial charge in [0.15, 0.2) is 11.5 Å². The smallest absolute Gasteiger partial charge is 0.355 e. The van der Waals surface area contributed by atoms with Crippen molar-refractivity contribution in [1.29, 1.82) is 0 Å². The molecule has 1 N–H and O–H groups in total. The molecule has 1 aliphatic heterocycles. The van der Waals surface area contributed by atoms with E-state index < -0.39 is 36.2 Å². The minimum atomic E-state index is -3.04. The Kier molecular flexibility index (Phi) is 5.68. The first-order valence-electron chi connectivity index (χ1n) is 8.31. The Morgan fingerprint density at radius 3 is 2.54 bits per heavy atom. The van der Waals surface area contributed by atoms with Crippen LogP contribution in [0.4, 0.5) is 17.6 Å². The van der Waals surface area contributed by atoms with Gasteiger partial charge in [0.2, 0.25) is 0 Å². The maximum absolute atomic E-state index is 13.3. The minimum Gasteiger partial charge on any atom is -0.476 e. The van der Waals surface area contributed by atoms with Gasteiger partial charge < -0.3 is 5.11 Å². The third-order valence-electron chi connectivity index (χ3n) is 4.56. The second kappa shape index (κ2) is 7.86. The Labute approximate surface area is 160 Å². The van der Waals surface area contributed by atoms with Gasteiger partial charge in [-0.25, -0.2) is 27.3 Å². The lowest BCUT2D eigenvalue weighted by Crippen LogP contribution is -2.53. The van der Waals surface area contributed by atoms with Crippen molar-refractivity contribution in [3.63, 3.8) is 0 Å². The van der Waals surface area contributed by atoms with Gasteiger partial charge in [0.05, 0.1) is 5.01 Å². The molecular weight excluding hydrogens is 404 g/mol. The van der Waals surface area contributed by atoms with Crippen molar-refractivity contribution >= 4 is 23.1 Å². The number of carboxylic acid groups (broad SMARTS) is 1. The number of carboxylic acids is 1. The average Bonchev–Trinajstić information content (AvgIpc) is 3.28. The summed E-state index contributed by atoms with van der Waals surface area (Å²) in [5.74, 6) is -1.75. The fraction of sp³-hybridized carbons (Fsp3) is 0.500. The van der Waals surface area contributed by atoms with Crippen LogP contribution in [-0.2, 0) is 4.79 Å². The number of rotatable bonds is 6.